The van der Waals surface area contributed by atoms with Gasteiger partial charge in [-0.15, -0.1) is 0 Å². The van der Waals surface area contributed by atoms with Crippen molar-refractivity contribution >= 4 is 32.6 Å². The Bertz CT molecular complexity index is 1040. The van der Waals surface area contributed by atoms with Gasteiger partial charge in [0, 0.05) is 10.8 Å². The Balaban J connectivity index is 2.00. The molecule has 1 fully saturated rings. The van der Waals surface area contributed by atoms with Gasteiger partial charge >= 0.3 is 0 Å². The van der Waals surface area contributed by atoms with E-state index in [0.29, 0.717) is 12.2 Å². The second-order valence-electron chi connectivity index (χ2n) is 5.88. The predicted octanol–water partition coefficient (Wildman–Crippen LogP) is 4.10. The van der Waals surface area contributed by atoms with E-state index in [4.69, 9.17) is 0 Å². The van der Waals surface area contributed by atoms with Crippen LogP contribution in [-0.2, 0) is 0 Å². The van der Waals surface area contributed by atoms with E-state index >= 15 is 0 Å². The lowest BCUT2D eigenvalue weighted by Gasteiger charge is -2.03. The summed E-state index contributed by atoms with van der Waals surface area (Å²) in [6.07, 6.45) is 0.480. The van der Waals surface area contributed by atoms with Crippen LogP contribution in [0.3, 0.4) is 0 Å². The van der Waals surface area contributed by atoms with Gasteiger partial charge < -0.3 is 4.57 Å². The monoisotopic (exact) mass is 256 g/mol. The van der Waals surface area contributed by atoms with Gasteiger partial charge in [-0.2, -0.15) is 0 Å². The SMILES string of the molecule is c1ccc2c(c1)ccc1c2c2cccc3c2n1[C@@H]1NC31. The van der Waals surface area contributed by atoms with Crippen molar-refractivity contribution in [2.45, 2.75) is 12.2 Å². The second kappa shape index (κ2) is 2.89. The molecule has 3 aromatic carbocycles. The van der Waals surface area contributed by atoms with E-state index < -0.39 is 0 Å². The smallest absolute Gasteiger partial charge is 0.105 e. The lowest BCUT2D eigenvalue weighted by Crippen LogP contribution is -1.96. The van der Waals surface area contributed by atoms with E-state index in [2.05, 4.69) is 64.5 Å². The Kier molecular flexibility index (Phi) is 1.38. The minimum atomic E-state index is 0.480. The van der Waals surface area contributed by atoms with Gasteiger partial charge in [-0.3, -0.25) is 5.32 Å². The molecule has 0 aliphatic carbocycles. The van der Waals surface area contributed by atoms with Gasteiger partial charge in [-0.25, -0.2) is 0 Å². The fraction of sp³-hybridized carbons (Fsp3) is 0.111. The maximum atomic E-state index is 3.57. The molecule has 0 radical (unpaired) electrons. The number of hydrogen-bond donors (Lipinski definition) is 1. The molecule has 1 saturated heterocycles. The molecule has 4 aromatic rings. The van der Waals surface area contributed by atoms with E-state index in [1.807, 2.05) is 0 Å². The van der Waals surface area contributed by atoms with Gasteiger partial charge in [0.1, 0.15) is 6.17 Å². The summed E-state index contributed by atoms with van der Waals surface area (Å²) < 4.78 is 2.50. The number of aromatic nitrogens is 1. The minimum Gasteiger partial charge on any atom is -0.322 e. The molecule has 2 heteroatoms. The molecule has 2 atom stereocenters. The van der Waals surface area contributed by atoms with Crippen LogP contribution in [0.4, 0.5) is 0 Å². The zero-order valence-electron chi connectivity index (χ0n) is 10.8. The zero-order valence-corrected chi connectivity index (χ0v) is 10.8. The Morgan fingerprint density at radius 1 is 0.850 bits per heavy atom. The number of para-hydroxylation sites is 1. The van der Waals surface area contributed by atoms with Gasteiger partial charge in [0.15, 0.2) is 0 Å². The molecule has 20 heavy (non-hydrogen) atoms. The number of nitrogens with one attached hydrogen (secondary N) is 1. The third-order valence-corrected chi connectivity index (χ3v) is 4.91. The van der Waals surface area contributed by atoms with Crippen molar-refractivity contribution < 1.29 is 0 Å². The van der Waals surface area contributed by atoms with Gasteiger partial charge in [-0.1, -0.05) is 48.5 Å². The molecule has 0 bridgehead atoms. The molecule has 0 spiro atoms. The topological polar surface area (TPSA) is 26.9 Å². The first-order chi connectivity index (χ1) is 9.93. The maximum absolute atomic E-state index is 3.57. The van der Waals surface area contributed by atoms with E-state index in [-0.39, 0.29) is 0 Å². The molecule has 6 rings (SSSR count). The molecule has 94 valence electrons. The molecular formula is C18H12N2. The molecule has 2 aliphatic rings. The van der Waals surface area contributed by atoms with Crippen molar-refractivity contribution in [1.29, 1.82) is 0 Å². The predicted molar refractivity (Wildman–Crippen MR) is 81.9 cm³/mol. The summed E-state index contributed by atoms with van der Waals surface area (Å²) in [6.45, 7) is 0. The molecular weight excluding hydrogens is 244 g/mol. The van der Waals surface area contributed by atoms with Crippen LogP contribution in [0.2, 0.25) is 0 Å². The van der Waals surface area contributed by atoms with Gasteiger partial charge in [-0.05, 0) is 22.4 Å². The number of nitrogens with zero attached hydrogens (tertiary/aromatic N) is 1. The molecule has 1 unspecified atom stereocenters. The summed E-state index contributed by atoms with van der Waals surface area (Å²) >= 11 is 0. The molecule has 1 aromatic heterocycles. The number of fused-ring (bicyclic) bond motifs is 8. The number of rotatable bonds is 0. The lowest BCUT2D eigenvalue weighted by atomic mass is 10.0. The van der Waals surface area contributed by atoms with E-state index in [0.717, 1.165) is 0 Å². The Morgan fingerprint density at radius 3 is 2.75 bits per heavy atom. The summed E-state index contributed by atoms with van der Waals surface area (Å²) in [5, 5.41) is 9.08. The van der Waals surface area contributed by atoms with Crippen LogP contribution in [0, 0.1) is 0 Å². The summed E-state index contributed by atoms with van der Waals surface area (Å²) in [6, 6.07) is 20.5. The third-order valence-electron chi connectivity index (χ3n) is 4.91. The fourth-order valence-corrected chi connectivity index (χ4v) is 4.05. The maximum Gasteiger partial charge on any atom is 0.105 e. The van der Waals surface area contributed by atoms with E-state index in [1.165, 1.54) is 38.1 Å². The molecule has 2 aliphatic heterocycles. The molecule has 3 heterocycles. The van der Waals surface area contributed by atoms with Crippen LogP contribution in [0.15, 0.2) is 54.6 Å². The van der Waals surface area contributed by atoms with Crippen LogP contribution >= 0.6 is 0 Å². The molecule has 1 N–H and O–H groups in total. The van der Waals surface area contributed by atoms with Crippen LogP contribution in [-0.4, -0.2) is 4.57 Å². The van der Waals surface area contributed by atoms with Gasteiger partial charge in [0.2, 0.25) is 0 Å². The first-order valence-corrected chi connectivity index (χ1v) is 7.14. The Labute approximate surface area is 115 Å². The standard InChI is InChI=1S/C18H12N2/c1-2-5-11-10(4-1)8-9-14-15(11)12-6-3-7-13-16-18(19-16)20(14)17(12)13/h1-9,16,18-19H/t16?,18-/m0/s1. The average Bonchev–Trinajstić information content (AvgIpc) is 3.12. The van der Waals surface area contributed by atoms with Crippen molar-refractivity contribution in [3.63, 3.8) is 0 Å². The normalized spacial score (nSPS) is 22.8. The Morgan fingerprint density at radius 2 is 1.75 bits per heavy atom. The zero-order chi connectivity index (χ0) is 12.8. The van der Waals surface area contributed by atoms with Crippen molar-refractivity contribution in [3.8, 4) is 0 Å². The van der Waals surface area contributed by atoms with E-state index in [1.54, 1.807) is 0 Å². The molecule has 2 nitrogen and oxygen atoms in total. The van der Waals surface area contributed by atoms with Crippen molar-refractivity contribution in [1.82, 2.24) is 9.88 Å². The van der Waals surface area contributed by atoms with Crippen LogP contribution in [0.25, 0.3) is 32.6 Å². The van der Waals surface area contributed by atoms with Crippen LogP contribution in [0.5, 0.6) is 0 Å². The van der Waals surface area contributed by atoms with E-state index in [9.17, 15) is 0 Å². The van der Waals surface area contributed by atoms with Crippen LogP contribution < -0.4 is 5.32 Å². The highest BCUT2D eigenvalue weighted by molar-refractivity contribution is 6.21. The highest BCUT2D eigenvalue weighted by Gasteiger charge is 2.47. The summed E-state index contributed by atoms with van der Waals surface area (Å²) in [4.78, 5) is 0. The first kappa shape index (κ1) is 9.56. The average molecular weight is 256 g/mol. The van der Waals surface area contributed by atoms with Gasteiger partial charge in [0.25, 0.3) is 0 Å². The number of hydrogen-bond acceptors (Lipinski definition) is 1. The first-order valence-electron chi connectivity index (χ1n) is 7.14. The fourth-order valence-electron chi connectivity index (χ4n) is 4.05. The highest BCUT2D eigenvalue weighted by atomic mass is 15.4. The third kappa shape index (κ3) is 0.888. The van der Waals surface area contributed by atoms with Crippen molar-refractivity contribution in [2.75, 3.05) is 0 Å². The van der Waals surface area contributed by atoms with Gasteiger partial charge in [0.05, 0.1) is 17.1 Å². The van der Waals surface area contributed by atoms with Crippen LogP contribution in [0.1, 0.15) is 17.8 Å². The lowest BCUT2D eigenvalue weighted by molar-refractivity contribution is 0.789. The summed E-state index contributed by atoms with van der Waals surface area (Å²) in [5.41, 5.74) is 4.27. The molecule has 0 saturated carbocycles. The summed E-state index contributed by atoms with van der Waals surface area (Å²) in [5.74, 6) is 0. The number of benzene rings is 3. The minimum absolute atomic E-state index is 0.480. The highest BCUT2D eigenvalue weighted by Crippen LogP contribution is 2.53. The van der Waals surface area contributed by atoms with Crippen molar-refractivity contribution in [2.24, 2.45) is 0 Å². The summed E-state index contributed by atoms with van der Waals surface area (Å²) in [7, 11) is 0. The largest absolute Gasteiger partial charge is 0.322 e. The van der Waals surface area contributed by atoms with Crippen molar-refractivity contribution in [3.05, 3.63) is 60.2 Å². The second-order valence-corrected chi connectivity index (χ2v) is 5.88. The quantitative estimate of drug-likeness (QED) is 0.471. The Hall–Kier alpha value is -2.32. The molecule has 0 amide bonds.